The van der Waals surface area contributed by atoms with Crippen LogP contribution in [0.3, 0.4) is 0 Å². The third-order valence-corrected chi connectivity index (χ3v) is 9.31. The molecule has 0 N–H and O–H groups in total. The van der Waals surface area contributed by atoms with Gasteiger partial charge in [-0.15, -0.1) is 59.7 Å². The van der Waals surface area contributed by atoms with E-state index in [1.165, 1.54) is 25.7 Å². The number of aryl methyl sites for hydroxylation is 1. The summed E-state index contributed by atoms with van der Waals surface area (Å²) >= 11 is 1.87. The molecule has 0 saturated carbocycles. The van der Waals surface area contributed by atoms with Crippen molar-refractivity contribution in [1.29, 1.82) is 0 Å². The fourth-order valence-corrected chi connectivity index (χ4v) is 7.29. The molecule has 3 heterocycles. The zero-order valence-electron chi connectivity index (χ0n) is 21.4. The van der Waals surface area contributed by atoms with Crippen molar-refractivity contribution >= 4 is 44.8 Å². The molecular weight excluding hydrogens is 665 g/mol. The molecule has 6 rings (SSSR count). The monoisotopic (exact) mass is 693 g/mol. The number of rotatable bonds is 3. The van der Waals surface area contributed by atoms with Gasteiger partial charge in [0.2, 0.25) is 0 Å². The Hall–Kier alpha value is -2.95. The van der Waals surface area contributed by atoms with E-state index in [0.29, 0.717) is 0 Å². The molecule has 5 heteroatoms. The van der Waals surface area contributed by atoms with Gasteiger partial charge < -0.3 is 9.97 Å². The molecule has 0 atom stereocenters. The van der Waals surface area contributed by atoms with Crippen molar-refractivity contribution < 1.29 is 20.1 Å². The Morgan fingerprint density at radius 1 is 0.757 bits per heavy atom. The number of benzene rings is 3. The fraction of sp³-hybridized carbons (Fsp3) is 0.125. The molecule has 0 fully saturated rings. The van der Waals surface area contributed by atoms with Gasteiger partial charge in [-0.1, -0.05) is 66.1 Å². The number of aromatic nitrogens is 2. The maximum Gasteiger partial charge on any atom is 0.0783 e. The SMILES string of the molecule is Cc1ccnc(-c2[c-]ccc3c2sc2cccc([Si](C)(C)C)c23)c1.[Ir].[c-]1ccccc1-c1ccccn1. The van der Waals surface area contributed by atoms with Crippen molar-refractivity contribution in [3.63, 3.8) is 0 Å². The van der Waals surface area contributed by atoms with Gasteiger partial charge in [-0.2, -0.15) is 11.3 Å². The van der Waals surface area contributed by atoms with Gasteiger partial charge in [0.15, 0.2) is 0 Å². The van der Waals surface area contributed by atoms with E-state index in [1.54, 1.807) is 11.4 Å². The molecule has 2 nitrogen and oxygen atoms in total. The second kappa shape index (κ2) is 11.6. The number of thiophene rings is 1. The molecule has 6 aromatic rings. The van der Waals surface area contributed by atoms with E-state index in [9.17, 15) is 0 Å². The molecule has 37 heavy (non-hydrogen) atoms. The van der Waals surface area contributed by atoms with Crippen LogP contribution in [0.2, 0.25) is 19.6 Å². The fourth-order valence-electron chi connectivity index (χ4n) is 4.35. The molecule has 0 aliphatic rings. The van der Waals surface area contributed by atoms with Crippen molar-refractivity contribution in [2.24, 2.45) is 0 Å². The van der Waals surface area contributed by atoms with Gasteiger partial charge in [-0.3, -0.25) is 0 Å². The molecule has 3 aromatic carbocycles. The minimum absolute atomic E-state index is 0. The third-order valence-electron chi connectivity index (χ3n) is 6.09. The van der Waals surface area contributed by atoms with E-state index in [0.717, 1.165) is 22.5 Å². The van der Waals surface area contributed by atoms with Crippen LogP contribution >= 0.6 is 11.3 Å². The Kier molecular flexibility index (Phi) is 8.51. The van der Waals surface area contributed by atoms with Gasteiger partial charge in [0.25, 0.3) is 0 Å². The second-order valence-corrected chi connectivity index (χ2v) is 15.9. The summed E-state index contributed by atoms with van der Waals surface area (Å²) in [5.74, 6) is 0. The van der Waals surface area contributed by atoms with Crippen LogP contribution in [0.4, 0.5) is 0 Å². The van der Waals surface area contributed by atoms with Gasteiger partial charge >= 0.3 is 0 Å². The van der Waals surface area contributed by atoms with Crippen LogP contribution in [0.5, 0.6) is 0 Å². The minimum atomic E-state index is -1.40. The quantitative estimate of drug-likeness (QED) is 0.138. The van der Waals surface area contributed by atoms with Crippen LogP contribution in [0, 0.1) is 19.1 Å². The summed E-state index contributed by atoms with van der Waals surface area (Å²) in [4.78, 5) is 8.80. The van der Waals surface area contributed by atoms with E-state index in [4.69, 9.17) is 0 Å². The predicted molar refractivity (Wildman–Crippen MR) is 158 cm³/mol. The molecule has 1 radical (unpaired) electrons. The van der Waals surface area contributed by atoms with E-state index in [-0.39, 0.29) is 20.1 Å². The van der Waals surface area contributed by atoms with Crippen molar-refractivity contribution in [2.45, 2.75) is 26.6 Å². The molecule has 0 aliphatic heterocycles. The first kappa shape index (κ1) is 27.1. The maximum atomic E-state index is 4.59. The van der Waals surface area contributed by atoms with Crippen LogP contribution < -0.4 is 5.19 Å². The molecule has 0 unspecified atom stereocenters. The zero-order chi connectivity index (χ0) is 25.1. The van der Waals surface area contributed by atoms with Gasteiger partial charge in [0.05, 0.1) is 8.07 Å². The molecular formula is C32H28IrN2SSi-2. The zero-order valence-corrected chi connectivity index (χ0v) is 25.6. The summed E-state index contributed by atoms with van der Waals surface area (Å²) in [6, 6.07) is 35.5. The smallest absolute Gasteiger partial charge is 0.0783 e. The number of fused-ring (bicyclic) bond motifs is 3. The van der Waals surface area contributed by atoms with Crippen molar-refractivity contribution in [3.8, 4) is 22.5 Å². The molecule has 187 valence electrons. The molecule has 0 spiro atoms. The van der Waals surface area contributed by atoms with Crippen molar-refractivity contribution in [3.05, 3.63) is 115 Å². The molecule has 0 bridgehead atoms. The first-order chi connectivity index (χ1) is 17.4. The van der Waals surface area contributed by atoms with Crippen LogP contribution in [-0.4, -0.2) is 18.0 Å². The number of hydrogen-bond donors (Lipinski definition) is 0. The largest absolute Gasteiger partial charge is 0.305 e. The summed E-state index contributed by atoms with van der Waals surface area (Å²) in [7, 11) is -1.40. The molecule has 0 aliphatic carbocycles. The standard InChI is InChI=1S/C21H20NSSi.C11H8N.Ir/c1-14-11-12-22-17(13-14)15-7-5-8-16-20-18(23-21(15)16)9-6-10-19(20)24(2,3)4;1-2-6-10(7-3-1)11-8-4-5-9-12-11;/h5-6,8-13H,1-4H3;1-6,8-9H;/q2*-1;. The Morgan fingerprint density at radius 2 is 1.57 bits per heavy atom. The average Bonchev–Trinajstić information content (AvgIpc) is 3.28. The first-order valence-electron chi connectivity index (χ1n) is 12.1. The average molecular weight is 693 g/mol. The summed E-state index contributed by atoms with van der Waals surface area (Å²) in [5, 5.41) is 4.34. The molecule has 0 amide bonds. The first-order valence-corrected chi connectivity index (χ1v) is 16.4. The van der Waals surface area contributed by atoms with Crippen LogP contribution in [0.25, 0.3) is 42.7 Å². The predicted octanol–water partition coefficient (Wildman–Crippen LogP) is 8.32. The van der Waals surface area contributed by atoms with Gasteiger partial charge in [-0.25, -0.2) is 0 Å². The minimum Gasteiger partial charge on any atom is -0.305 e. The topological polar surface area (TPSA) is 25.8 Å². The summed E-state index contributed by atoms with van der Waals surface area (Å²) < 4.78 is 2.68. The third kappa shape index (κ3) is 5.97. The van der Waals surface area contributed by atoms with Gasteiger partial charge in [0, 0.05) is 37.2 Å². The molecule has 3 aromatic heterocycles. The Balaban J connectivity index is 0.000000208. The Bertz CT molecular complexity index is 1590. The summed E-state index contributed by atoms with van der Waals surface area (Å²) in [6.07, 6.45) is 3.67. The van der Waals surface area contributed by atoms with E-state index in [1.807, 2.05) is 66.1 Å². The second-order valence-electron chi connectivity index (χ2n) is 9.84. The van der Waals surface area contributed by atoms with Gasteiger partial charge in [-0.05, 0) is 46.6 Å². The van der Waals surface area contributed by atoms with Crippen LogP contribution in [-0.2, 0) is 20.1 Å². The van der Waals surface area contributed by atoms with Gasteiger partial charge in [0.1, 0.15) is 0 Å². The summed E-state index contributed by atoms with van der Waals surface area (Å²) in [5.41, 5.74) is 5.38. The normalized spacial score (nSPS) is 11.0. The number of pyridine rings is 2. The summed E-state index contributed by atoms with van der Waals surface area (Å²) in [6.45, 7) is 9.37. The number of hydrogen-bond acceptors (Lipinski definition) is 3. The number of nitrogens with zero attached hydrogens (tertiary/aromatic N) is 2. The van der Waals surface area contributed by atoms with Crippen LogP contribution in [0.15, 0.2) is 97.3 Å². The van der Waals surface area contributed by atoms with Crippen molar-refractivity contribution in [1.82, 2.24) is 9.97 Å². The molecule has 0 saturated heterocycles. The van der Waals surface area contributed by atoms with E-state index in [2.05, 4.69) is 85.1 Å². The van der Waals surface area contributed by atoms with E-state index >= 15 is 0 Å². The Morgan fingerprint density at radius 3 is 2.27 bits per heavy atom. The van der Waals surface area contributed by atoms with Crippen LogP contribution in [0.1, 0.15) is 5.56 Å². The van der Waals surface area contributed by atoms with E-state index < -0.39 is 8.07 Å². The Labute approximate surface area is 237 Å². The van der Waals surface area contributed by atoms with Crippen molar-refractivity contribution in [2.75, 3.05) is 0 Å². The maximum absolute atomic E-state index is 4.59.